The molecule has 0 fully saturated rings. The second-order valence-electron chi connectivity index (χ2n) is 5.56. The predicted octanol–water partition coefficient (Wildman–Crippen LogP) is 2.86. The lowest BCUT2D eigenvalue weighted by atomic mass is 10.1. The molecule has 2 aromatic carbocycles. The number of aliphatic imine (C=N–C) groups is 1. The smallest absolute Gasteiger partial charge is 0.191 e. The summed E-state index contributed by atoms with van der Waals surface area (Å²) < 4.78 is 5.18. The fourth-order valence-electron chi connectivity index (χ4n) is 2.75. The maximum atomic E-state index is 6.07. The van der Waals surface area contributed by atoms with Gasteiger partial charge in [0, 0.05) is 13.1 Å². The number of guanidine groups is 1. The molecule has 1 aliphatic heterocycles. The third kappa shape index (κ3) is 4.39. The first kappa shape index (κ1) is 17.2. The average molecular weight is 332 g/mol. The number of hydrogen-bond acceptors (Lipinski definition) is 4. The lowest BCUT2D eigenvalue weighted by Crippen LogP contribution is -2.34. The summed E-state index contributed by atoms with van der Waals surface area (Å²) in [5, 5.41) is 0. The summed E-state index contributed by atoms with van der Waals surface area (Å²) in [5.41, 5.74) is 8.58. The predicted molar refractivity (Wildman–Crippen MR) is 96.2 cm³/mol. The molecule has 122 valence electrons. The Kier molecular flexibility index (Phi) is 5.88. The highest BCUT2D eigenvalue weighted by Gasteiger charge is 2.23. The molecule has 0 saturated heterocycles. The van der Waals surface area contributed by atoms with Crippen LogP contribution >= 0.6 is 12.4 Å². The first-order valence-electron chi connectivity index (χ1n) is 7.49. The molecule has 1 heterocycles. The number of hydrogen-bond donors (Lipinski definition) is 1. The van der Waals surface area contributed by atoms with Crippen molar-refractivity contribution in [2.45, 2.75) is 19.0 Å². The minimum absolute atomic E-state index is 0. The van der Waals surface area contributed by atoms with Gasteiger partial charge in [0.05, 0.1) is 13.2 Å². The van der Waals surface area contributed by atoms with Crippen LogP contribution in [0.5, 0.6) is 5.75 Å². The van der Waals surface area contributed by atoms with Crippen molar-refractivity contribution in [2.75, 3.05) is 13.7 Å². The number of methoxy groups -OCH3 is 1. The second-order valence-corrected chi connectivity index (χ2v) is 5.56. The molecule has 0 bridgehead atoms. The molecule has 1 atom stereocenters. The molecule has 2 N–H and O–H groups in total. The highest BCUT2D eigenvalue weighted by atomic mass is 35.5. The van der Waals surface area contributed by atoms with Gasteiger partial charge >= 0.3 is 0 Å². The monoisotopic (exact) mass is 331 g/mol. The van der Waals surface area contributed by atoms with Crippen LogP contribution in [0.25, 0.3) is 0 Å². The minimum Gasteiger partial charge on any atom is -0.497 e. The van der Waals surface area contributed by atoms with Crippen molar-refractivity contribution in [1.29, 1.82) is 0 Å². The molecule has 0 unspecified atom stereocenters. The molecule has 5 heteroatoms. The molecule has 2 aromatic rings. The van der Waals surface area contributed by atoms with E-state index < -0.39 is 0 Å². The van der Waals surface area contributed by atoms with E-state index in [-0.39, 0.29) is 18.4 Å². The molecule has 23 heavy (non-hydrogen) atoms. The van der Waals surface area contributed by atoms with Crippen LogP contribution in [0.3, 0.4) is 0 Å². The van der Waals surface area contributed by atoms with Crippen molar-refractivity contribution in [2.24, 2.45) is 10.7 Å². The molecule has 0 aliphatic carbocycles. The quantitative estimate of drug-likeness (QED) is 0.916. The van der Waals surface area contributed by atoms with E-state index in [1.807, 2.05) is 30.3 Å². The fourth-order valence-corrected chi connectivity index (χ4v) is 2.75. The molecule has 0 radical (unpaired) electrons. The van der Waals surface area contributed by atoms with Gasteiger partial charge in [0.1, 0.15) is 5.75 Å². The standard InChI is InChI=1S/C18H21N3O.ClH/c1-22-17-9-7-14(8-10-17)11-16-13-21(18(19)20-16)12-15-5-3-2-4-6-15;/h2-10,16H,11-13H2,1H3,(H2,19,20);1H/t16-;/m0./s1. The zero-order valence-electron chi connectivity index (χ0n) is 13.2. The number of rotatable bonds is 5. The van der Waals surface area contributed by atoms with Crippen molar-refractivity contribution in [3.8, 4) is 5.75 Å². The van der Waals surface area contributed by atoms with Gasteiger partial charge in [-0.1, -0.05) is 42.5 Å². The van der Waals surface area contributed by atoms with Gasteiger partial charge in [-0.2, -0.15) is 0 Å². The van der Waals surface area contributed by atoms with E-state index in [2.05, 4.69) is 34.2 Å². The largest absolute Gasteiger partial charge is 0.497 e. The molecule has 1 aliphatic rings. The Morgan fingerprint density at radius 2 is 1.78 bits per heavy atom. The molecule has 0 amide bonds. The zero-order chi connectivity index (χ0) is 15.4. The van der Waals surface area contributed by atoms with Gasteiger partial charge in [0.15, 0.2) is 5.96 Å². The number of benzene rings is 2. The Balaban J connectivity index is 0.00000192. The average Bonchev–Trinajstić information content (AvgIpc) is 2.88. The van der Waals surface area contributed by atoms with Gasteiger partial charge in [0.25, 0.3) is 0 Å². The number of nitrogens with two attached hydrogens (primary N) is 1. The summed E-state index contributed by atoms with van der Waals surface area (Å²) in [7, 11) is 1.68. The third-order valence-electron chi connectivity index (χ3n) is 3.92. The summed E-state index contributed by atoms with van der Waals surface area (Å²) >= 11 is 0. The zero-order valence-corrected chi connectivity index (χ0v) is 14.0. The molecule has 3 rings (SSSR count). The van der Waals surface area contributed by atoms with Crippen LogP contribution in [-0.2, 0) is 13.0 Å². The van der Waals surface area contributed by atoms with E-state index in [0.717, 1.165) is 25.3 Å². The van der Waals surface area contributed by atoms with Crippen LogP contribution in [0.2, 0.25) is 0 Å². The molecule has 0 spiro atoms. The van der Waals surface area contributed by atoms with E-state index in [4.69, 9.17) is 10.5 Å². The Hall–Kier alpha value is -2.20. The second kappa shape index (κ2) is 7.88. The maximum absolute atomic E-state index is 6.07. The highest BCUT2D eigenvalue weighted by molar-refractivity contribution is 5.85. The van der Waals surface area contributed by atoms with Crippen LogP contribution in [0, 0.1) is 0 Å². The first-order chi connectivity index (χ1) is 10.7. The number of nitrogens with zero attached hydrogens (tertiary/aromatic N) is 2. The Morgan fingerprint density at radius 3 is 2.43 bits per heavy atom. The summed E-state index contributed by atoms with van der Waals surface area (Å²) in [5.74, 6) is 1.52. The molecular weight excluding hydrogens is 310 g/mol. The summed E-state index contributed by atoms with van der Waals surface area (Å²) in [6.07, 6.45) is 0.899. The Bertz CT molecular complexity index is 643. The van der Waals surface area contributed by atoms with Crippen molar-refractivity contribution in [3.05, 3.63) is 65.7 Å². The van der Waals surface area contributed by atoms with Gasteiger partial charge in [-0.3, -0.25) is 0 Å². The van der Waals surface area contributed by atoms with E-state index >= 15 is 0 Å². The lowest BCUT2D eigenvalue weighted by Gasteiger charge is -2.18. The van der Waals surface area contributed by atoms with Gasteiger partial charge in [-0.15, -0.1) is 12.4 Å². The summed E-state index contributed by atoms with van der Waals surface area (Å²) in [4.78, 5) is 6.74. The van der Waals surface area contributed by atoms with Crippen LogP contribution in [0.1, 0.15) is 11.1 Å². The SMILES string of the molecule is COc1ccc(C[C@H]2CN(Cc3ccccc3)C(N)=N2)cc1.Cl. The van der Waals surface area contributed by atoms with Crippen molar-refractivity contribution < 1.29 is 4.74 Å². The van der Waals surface area contributed by atoms with Gasteiger partial charge < -0.3 is 15.4 Å². The van der Waals surface area contributed by atoms with Crippen LogP contribution < -0.4 is 10.5 Å². The van der Waals surface area contributed by atoms with Crippen LogP contribution in [-0.4, -0.2) is 30.6 Å². The van der Waals surface area contributed by atoms with E-state index in [1.54, 1.807) is 7.11 Å². The van der Waals surface area contributed by atoms with Crippen LogP contribution in [0.4, 0.5) is 0 Å². The first-order valence-corrected chi connectivity index (χ1v) is 7.49. The molecule has 4 nitrogen and oxygen atoms in total. The Labute approximate surface area is 143 Å². The highest BCUT2D eigenvalue weighted by Crippen LogP contribution is 2.18. The summed E-state index contributed by atoms with van der Waals surface area (Å²) in [6.45, 7) is 1.68. The number of halogens is 1. The van der Waals surface area contributed by atoms with E-state index in [0.29, 0.717) is 5.96 Å². The maximum Gasteiger partial charge on any atom is 0.191 e. The normalized spacial score (nSPS) is 16.7. The summed E-state index contributed by atoms with van der Waals surface area (Å²) in [6, 6.07) is 18.7. The third-order valence-corrected chi connectivity index (χ3v) is 3.92. The minimum atomic E-state index is 0. The van der Waals surface area contributed by atoms with Crippen molar-refractivity contribution in [1.82, 2.24) is 4.90 Å². The number of ether oxygens (including phenoxy) is 1. The lowest BCUT2D eigenvalue weighted by molar-refractivity contribution is 0.411. The van der Waals surface area contributed by atoms with Crippen molar-refractivity contribution in [3.63, 3.8) is 0 Å². The molecule has 0 saturated carbocycles. The topological polar surface area (TPSA) is 50.9 Å². The molecular formula is C18H22ClN3O. The van der Waals surface area contributed by atoms with Gasteiger partial charge in [-0.05, 0) is 29.7 Å². The van der Waals surface area contributed by atoms with E-state index in [1.165, 1.54) is 11.1 Å². The van der Waals surface area contributed by atoms with Gasteiger partial charge in [0.2, 0.25) is 0 Å². The Morgan fingerprint density at radius 1 is 1.09 bits per heavy atom. The van der Waals surface area contributed by atoms with Crippen LogP contribution in [0.15, 0.2) is 59.6 Å². The van der Waals surface area contributed by atoms with Gasteiger partial charge in [-0.25, -0.2) is 4.99 Å². The van der Waals surface area contributed by atoms with Crippen molar-refractivity contribution >= 4 is 18.4 Å². The van der Waals surface area contributed by atoms with E-state index in [9.17, 15) is 0 Å². The molecule has 0 aromatic heterocycles. The fraction of sp³-hybridized carbons (Fsp3) is 0.278.